The van der Waals surface area contributed by atoms with E-state index < -0.39 is 0 Å². The van der Waals surface area contributed by atoms with Gasteiger partial charge < -0.3 is 0 Å². The Kier molecular flexibility index (Phi) is 3.03. The van der Waals surface area contributed by atoms with Crippen molar-refractivity contribution in [3.63, 3.8) is 0 Å². The molecule has 0 aliphatic heterocycles. The topological polar surface area (TPSA) is 65.8 Å². The fraction of sp³-hybridized carbons (Fsp3) is 0.333. The fourth-order valence-corrected chi connectivity index (χ4v) is 3.33. The Morgan fingerprint density at radius 2 is 1.88 bits per heavy atom. The normalized spacial score (nSPS) is 15.0. The van der Waals surface area contributed by atoms with Gasteiger partial charge in [0.15, 0.2) is 0 Å². The van der Waals surface area contributed by atoms with Gasteiger partial charge in [0.25, 0.3) is 0 Å². The van der Waals surface area contributed by atoms with Crippen LogP contribution in [0.3, 0.4) is 0 Å². The number of hydrogen-bond donors (Lipinski definition) is 0. The molecule has 0 unspecified atom stereocenters. The van der Waals surface area contributed by atoms with Gasteiger partial charge in [-0.05, 0) is 32.3 Å². The average molecular weight is 333 g/mol. The number of aryl methyl sites for hydroxylation is 2. The summed E-state index contributed by atoms with van der Waals surface area (Å²) in [5, 5.41) is 13.4. The van der Waals surface area contributed by atoms with Crippen LogP contribution in [0.15, 0.2) is 37.1 Å². The second-order valence-corrected chi connectivity index (χ2v) is 6.79. The Labute approximate surface area is 144 Å². The van der Waals surface area contributed by atoms with Gasteiger partial charge in [0, 0.05) is 30.6 Å². The van der Waals surface area contributed by atoms with Gasteiger partial charge in [-0.15, -0.1) is 0 Å². The van der Waals surface area contributed by atoms with E-state index in [9.17, 15) is 0 Å². The number of rotatable bonds is 3. The maximum absolute atomic E-state index is 4.92. The molecule has 0 aromatic carbocycles. The molecule has 0 bridgehead atoms. The molecule has 126 valence electrons. The first-order valence-electron chi connectivity index (χ1n) is 8.58. The zero-order chi connectivity index (χ0) is 17.0. The highest BCUT2D eigenvalue weighted by atomic mass is 15.3. The van der Waals surface area contributed by atoms with Gasteiger partial charge in [-0.25, -0.2) is 9.50 Å². The van der Waals surface area contributed by atoms with Gasteiger partial charge in [0.1, 0.15) is 0 Å². The van der Waals surface area contributed by atoms with Gasteiger partial charge >= 0.3 is 0 Å². The number of nitrogens with zero attached hydrogens (tertiary/aromatic N) is 7. The average Bonchev–Trinajstić information content (AvgIpc) is 3.23. The minimum absolute atomic E-state index is 0.540. The third-order valence-corrected chi connectivity index (χ3v) is 4.90. The summed E-state index contributed by atoms with van der Waals surface area (Å²) in [6.07, 6.45) is 13.5. The molecule has 7 nitrogen and oxygen atoms in total. The van der Waals surface area contributed by atoms with Crippen molar-refractivity contribution in [2.24, 2.45) is 7.05 Å². The lowest BCUT2D eigenvalue weighted by molar-refractivity contribution is 0.289. The van der Waals surface area contributed by atoms with Crippen LogP contribution in [0.4, 0.5) is 0 Å². The summed E-state index contributed by atoms with van der Waals surface area (Å²) in [5.74, 6) is 0. The molecule has 25 heavy (non-hydrogen) atoms. The molecule has 0 N–H and O–H groups in total. The Bertz CT molecular complexity index is 1060. The minimum atomic E-state index is 0.540. The quantitative estimate of drug-likeness (QED) is 0.578. The molecule has 5 rings (SSSR count). The summed E-state index contributed by atoms with van der Waals surface area (Å²) in [4.78, 5) is 4.92. The predicted octanol–water partition coefficient (Wildman–Crippen LogP) is 3.03. The van der Waals surface area contributed by atoms with Crippen molar-refractivity contribution in [1.82, 2.24) is 34.2 Å². The monoisotopic (exact) mass is 333 g/mol. The Hall–Kier alpha value is -2.96. The Morgan fingerprint density at radius 1 is 1.04 bits per heavy atom. The summed E-state index contributed by atoms with van der Waals surface area (Å²) in [7, 11) is 1.91. The summed E-state index contributed by atoms with van der Waals surface area (Å²) in [6.45, 7) is 2.00. The summed E-state index contributed by atoms with van der Waals surface area (Å²) < 4.78 is 5.77. The largest absolute Gasteiger partial charge is 0.275 e. The highest BCUT2D eigenvalue weighted by Gasteiger charge is 2.21. The van der Waals surface area contributed by atoms with Crippen molar-refractivity contribution >= 4 is 5.52 Å². The van der Waals surface area contributed by atoms with E-state index >= 15 is 0 Å². The van der Waals surface area contributed by atoms with Crippen LogP contribution in [0.1, 0.15) is 31.0 Å². The van der Waals surface area contributed by atoms with Crippen molar-refractivity contribution in [2.75, 3.05) is 0 Å². The van der Waals surface area contributed by atoms with Crippen molar-refractivity contribution in [3.8, 4) is 22.5 Å². The SMILES string of the molecule is Cc1cc2c(-c3cnn(C4CCC4)c3)nc(-c3cnn(C)c3)cn2n1. The summed E-state index contributed by atoms with van der Waals surface area (Å²) >= 11 is 0. The lowest BCUT2D eigenvalue weighted by atomic mass is 9.93. The molecule has 1 saturated carbocycles. The molecule has 0 atom stereocenters. The molecule has 1 fully saturated rings. The van der Waals surface area contributed by atoms with E-state index in [1.165, 1.54) is 19.3 Å². The van der Waals surface area contributed by atoms with E-state index in [2.05, 4.69) is 32.2 Å². The first-order valence-corrected chi connectivity index (χ1v) is 8.58. The third kappa shape index (κ3) is 2.34. The molecule has 0 radical (unpaired) electrons. The lowest BCUT2D eigenvalue weighted by Crippen LogP contribution is -2.16. The molecule has 0 saturated heterocycles. The fourth-order valence-electron chi connectivity index (χ4n) is 3.33. The maximum atomic E-state index is 4.92. The minimum Gasteiger partial charge on any atom is -0.275 e. The summed E-state index contributed by atoms with van der Waals surface area (Å²) in [5.41, 5.74) is 5.74. The molecular formula is C18H19N7. The Balaban J connectivity index is 1.68. The van der Waals surface area contributed by atoms with Gasteiger partial charge in [-0.3, -0.25) is 9.36 Å². The number of aromatic nitrogens is 7. The van der Waals surface area contributed by atoms with Gasteiger partial charge in [0.2, 0.25) is 0 Å². The van der Waals surface area contributed by atoms with E-state index in [-0.39, 0.29) is 0 Å². The highest BCUT2D eigenvalue weighted by molar-refractivity contribution is 5.78. The molecule has 4 aromatic rings. The van der Waals surface area contributed by atoms with E-state index in [1.54, 1.807) is 4.68 Å². The van der Waals surface area contributed by atoms with Gasteiger partial charge in [0.05, 0.1) is 47.2 Å². The third-order valence-electron chi connectivity index (χ3n) is 4.90. The predicted molar refractivity (Wildman–Crippen MR) is 94.0 cm³/mol. The number of hydrogen-bond acceptors (Lipinski definition) is 4. The second-order valence-electron chi connectivity index (χ2n) is 6.79. The van der Waals surface area contributed by atoms with Crippen LogP contribution < -0.4 is 0 Å². The van der Waals surface area contributed by atoms with Crippen LogP contribution in [-0.2, 0) is 7.05 Å². The molecule has 4 heterocycles. The molecule has 4 aromatic heterocycles. The van der Waals surface area contributed by atoms with Crippen LogP contribution in [0.2, 0.25) is 0 Å². The van der Waals surface area contributed by atoms with Crippen LogP contribution in [0.5, 0.6) is 0 Å². The smallest absolute Gasteiger partial charge is 0.0999 e. The van der Waals surface area contributed by atoms with Gasteiger partial charge in [-0.1, -0.05) is 0 Å². The van der Waals surface area contributed by atoms with Crippen LogP contribution in [0.25, 0.3) is 28.0 Å². The lowest BCUT2D eigenvalue weighted by Gasteiger charge is -2.25. The van der Waals surface area contributed by atoms with Crippen molar-refractivity contribution in [2.45, 2.75) is 32.2 Å². The second kappa shape index (κ2) is 5.27. The van der Waals surface area contributed by atoms with Crippen LogP contribution >= 0.6 is 0 Å². The highest BCUT2D eigenvalue weighted by Crippen LogP contribution is 2.33. The van der Waals surface area contributed by atoms with E-state index in [0.29, 0.717) is 6.04 Å². The first kappa shape index (κ1) is 14.4. The zero-order valence-electron chi connectivity index (χ0n) is 14.3. The molecular weight excluding hydrogens is 314 g/mol. The Morgan fingerprint density at radius 3 is 2.60 bits per heavy atom. The molecule has 0 amide bonds. The molecule has 7 heteroatoms. The van der Waals surface area contributed by atoms with E-state index in [0.717, 1.165) is 33.7 Å². The van der Waals surface area contributed by atoms with E-state index in [1.807, 2.05) is 43.3 Å². The van der Waals surface area contributed by atoms with E-state index in [4.69, 9.17) is 4.98 Å². The zero-order valence-corrected chi connectivity index (χ0v) is 14.3. The maximum Gasteiger partial charge on any atom is 0.0999 e. The van der Waals surface area contributed by atoms with Crippen LogP contribution in [0, 0.1) is 6.92 Å². The van der Waals surface area contributed by atoms with Crippen molar-refractivity contribution < 1.29 is 0 Å². The summed E-state index contributed by atoms with van der Waals surface area (Å²) in [6, 6.07) is 2.61. The standard InChI is InChI=1S/C18H19N7/c1-12-6-17-18(14-8-20-24(10-14)15-4-3-5-15)21-16(11-25(17)22-12)13-7-19-23(2)9-13/h6-11,15H,3-5H2,1-2H3. The number of fused-ring (bicyclic) bond motifs is 1. The van der Waals surface area contributed by atoms with Gasteiger partial charge in [-0.2, -0.15) is 15.3 Å². The van der Waals surface area contributed by atoms with Crippen molar-refractivity contribution in [3.05, 3.63) is 42.7 Å². The molecule has 1 aliphatic carbocycles. The van der Waals surface area contributed by atoms with Crippen LogP contribution in [-0.4, -0.2) is 34.2 Å². The molecule has 0 spiro atoms. The molecule has 1 aliphatic rings. The first-order chi connectivity index (χ1) is 12.2. The van der Waals surface area contributed by atoms with Crippen molar-refractivity contribution in [1.29, 1.82) is 0 Å².